The number of halogens is 3. The van der Waals surface area contributed by atoms with Gasteiger partial charge in [0.2, 0.25) is 0 Å². The van der Waals surface area contributed by atoms with Crippen molar-refractivity contribution >= 4 is 10.1 Å². The summed E-state index contributed by atoms with van der Waals surface area (Å²) in [6.07, 6.45) is 5.42. The molecule has 0 aliphatic rings. The fourth-order valence-corrected chi connectivity index (χ4v) is 0.982. The van der Waals surface area contributed by atoms with E-state index in [9.17, 15) is 13.2 Å². The zero-order valence-electron chi connectivity index (χ0n) is 9.94. The summed E-state index contributed by atoms with van der Waals surface area (Å²) in [5.41, 5.74) is -4.24. The Bertz CT molecular complexity index is 452. The molecule has 0 fully saturated rings. The molecule has 104 valence electrons. The molecule has 4 nitrogen and oxygen atoms in total. The lowest BCUT2D eigenvalue weighted by Gasteiger charge is -2.08. The Balaban J connectivity index is 0.000000331. The first-order chi connectivity index (χ1) is 8.11. The van der Waals surface area contributed by atoms with Crippen LogP contribution in [-0.2, 0) is 23.1 Å². The van der Waals surface area contributed by atoms with Crippen LogP contribution in [0.15, 0.2) is 24.5 Å². The van der Waals surface area contributed by atoms with Crippen LogP contribution in [0.5, 0.6) is 0 Å². The van der Waals surface area contributed by atoms with Gasteiger partial charge in [-0.15, -0.1) is 0 Å². The van der Waals surface area contributed by atoms with Crippen molar-refractivity contribution in [1.29, 1.82) is 0 Å². The predicted molar refractivity (Wildman–Crippen MR) is 57.4 cm³/mol. The van der Waals surface area contributed by atoms with E-state index >= 15 is 0 Å². The number of aromatic nitrogens is 1. The van der Waals surface area contributed by atoms with Gasteiger partial charge < -0.3 is 4.55 Å². The lowest BCUT2D eigenvalue weighted by atomic mass is 10.2. The monoisotopic (exact) mass is 285 g/mol. The molecule has 1 rings (SSSR count). The van der Waals surface area contributed by atoms with E-state index in [0.29, 0.717) is 0 Å². The molecule has 0 bridgehead atoms. The van der Waals surface area contributed by atoms with Crippen molar-refractivity contribution in [3.8, 4) is 0 Å². The van der Waals surface area contributed by atoms with Crippen LogP contribution < -0.4 is 4.57 Å². The highest BCUT2D eigenvalue weighted by Crippen LogP contribution is 2.20. The van der Waals surface area contributed by atoms with Gasteiger partial charge >= 0.3 is 5.51 Å². The van der Waals surface area contributed by atoms with Crippen molar-refractivity contribution in [3.05, 3.63) is 30.1 Å². The molecule has 0 amide bonds. The Morgan fingerprint density at radius 3 is 2.17 bits per heavy atom. The Hall–Kier alpha value is -1.15. The van der Waals surface area contributed by atoms with Gasteiger partial charge in [-0.3, -0.25) is 0 Å². The topological polar surface area (TPSA) is 61.1 Å². The zero-order chi connectivity index (χ0) is 14.4. The van der Waals surface area contributed by atoms with E-state index in [1.807, 2.05) is 0 Å². The SMILES string of the molecule is CCc1ccc[n+](CC)c1.O=S(=O)([O-])C(F)(F)F. The Kier molecular flexibility index (Phi) is 6.27. The molecule has 0 atom stereocenters. The number of rotatable bonds is 2. The molecule has 1 aromatic rings. The highest BCUT2D eigenvalue weighted by Gasteiger charge is 2.36. The molecule has 0 aliphatic carbocycles. The Labute approximate surface area is 104 Å². The van der Waals surface area contributed by atoms with Crippen LogP contribution in [0.2, 0.25) is 0 Å². The zero-order valence-corrected chi connectivity index (χ0v) is 10.8. The van der Waals surface area contributed by atoms with Gasteiger partial charge in [0.1, 0.15) is 6.54 Å². The predicted octanol–water partition coefficient (Wildman–Crippen LogP) is 1.61. The molecule has 0 aromatic carbocycles. The fraction of sp³-hybridized carbons (Fsp3) is 0.500. The smallest absolute Gasteiger partial charge is 0.485 e. The molecule has 0 saturated heterocycles. The van der Waals surface area contributed by atoms with Crippen molar-refractivity contribution in [2.45, 2.75) is 32.3 Å². The third-order valence-corrected chi connectivity index (χ3v) is 2.54. The summed E-state index contributed by atoms with van der Waals surface area (Å²) >= 11 is 0. The quantitative estimate of drug-likeness (QED) is 0.471. The minimum Gasteiger partial charge on any atom is -0.741 e. The third kappa shape index (κ3) is 5.97. The van der Waals surface area contributed by atoms with E-state index in [4.69, 9.17) is 13.0 Å². The Morgan fingerprint density at radius 2 is 1.83 bits per heavy atom. The minimum absolute atomic E-state index is 1.06. The van der Waals surface area contributed by atoms with E-state index in [1.165, 1.54) is 5.56 Å². The first-order valence-corrected chi connectivity index (χ1v) is 6.52. The maximum absolute atomic E-state index is 10.7. The average molecular weight is 285 g/mol. The van der Waals surface area contributed by atoms with E-state index in [-0.39, 0.29) is 0 Å². The van der Waals surface area contributed by atoms with Crippen molar-refractivity contribution in [1.82, 2.24) is 0 Å². The highest BCUT2D eigenvalue weighted by atomic mass is 32.2. The number of nitrogens with zero attached hydrogens (tertiary/aromatic N) is 1. The number of hydrogen-bond acceptors (Lipinski definition) is 3. The second kappa shape index (κ2) is 6.69. The van der Waals surface area contributed by atoms with Gasteiger partial charge in [0.05, 0.1) is 0 Å². The summed E-state index contributed by atoms with van der Waals surface area (Å²) in [4.78, 5) is 0. The van der Waals surface area contributed by atoms with Gasteiger partial charge in [0, 0.05) is 11.6 Å². The maximum Gasteiger partial charge on any atom is 0.485 e. The summed E-state index contributed by atoms with van der Waals surface area (Å²) in [5, 5.41) is 0. The van der Waals surface area contributed by atoms with Crippen LogP contribution in [0, 0.1) is 0 Å². The van der Waals surface area contributed by atoms with Crippen LogP contribution >= 0.6 is 0 Å². The van der Waals surface area contributed by atoms with Gasteiger partial charge in [-0.25, -0.2) is 13.0 Å². The number of hydrogen-bond donors (Lipinski definition) is 0. The first kappa shape index (κ1) is 16.9. The molecule has 8 heteroatoms. The molecular weight excluding hydrogens is 271 g/mol. The molecule has 0 N–H and O–H groups in total. The lowest BCUT2D eigenvalue weighted by Crippen LogP contribution is -2.31. The molecule has 18 heavy (non-hydrogen) atoms. The van der Waals surface area contributed by atoms with E-state index in [2.05, 4.69) is 42.9 Å². The van der Waals surface area contributed by atoms with E-state index in [0.717, 1.165) is 13.0 Å². The first-order valence-electron chi connectivity index (χ1n) is 5.12. The largest absolute Gasteiger partial charge is 0.741 e. The average Bonchev–Trinajstić information content (AvgIpc) is 2.27. The van der Waals surface area contributed by atoms with Gasteiger partial charge in [-0.05, 0) is 19.4 Å². The molecular formula is C10H14F3NO3S. The van der Waals surface area contributed by atoms with Crippen LogP contribution in [0.3, 0.4) is 0 Å². The Morgan fingerprint density at radius 1 is 1.33 bits per heavy atom. The van der Waals surface area contributed by atoms with Crippen LogP contribution in [0.25, 0.3) is 0 Å². The van der Waals surface area contributed by atoms with Gasteiger partial charge in [0.25, 0.3) is 0 Å². The van der Waals surface area contributed by atoms with Gasteiger partial charge in [0.15, 0.2) is 22.5 Å². The molecule has 0 saturated carbocycles. The van der Waals surface area contributed by atoms with Crippen molar-refractivity contribution in [2.75, 3.05) is 0 Å². The van der Waals surface area contributed by atoms with Crippen molar-refractivity contribution in [2.24, 2.45) is 0 Å². The maximum atomic E-state index is 10.7. The molecule has 0 unspecified atom stereocenters. The van der Waals surface area contributed by atoms with Crippen LogP contribution in [0.1, 0.15) is 19.4 Å². The standard InChI is InChI=1S/C9H14N.CHF3O3S/c1-3-9-6-5-7-10(4-2)8-9;2-1(3,4)8(5,6)7/h5-8H,3-4H2,1-2H3;(H,5,6,7)/q+1;/p-1. The normalized spacial score (nSPS) is 11.7. The van der Waals surface area contributed by atoms with Crippen molar-refractivity contribution in [3.63, 3.8) is 0 Å². The number of aryl methyl sites for hydroxylation is 2. The summed E-state index contributed by atoms with van der Waals surface area (Å²) in [6, 6.07) is 4.26. The van der Waals surface area contributed by atoms with E-state index in [1.54, 1.807) is 0 Å². The van der Waals surface area contributed by atoms with Crippen LogP contribution in [0.4, 0.5) is 13.2 Å². The summed E-state index contributed by atoms with van der Waals surface area (Å²) in [7, 11) is -6.09. The minimum atomic E-state index is -6.09. The van der Waals surface area contributed by atoms with Gasteiger partial charge in [-0.1, -0.05) is 6.92 Å². The number of alkyl halides is 3. The number of pyridine rings is 1. The molecule has 0 radical (unpaired) electrons. The molecule has 1 aromatic heterocycles. The lowest BCUT2D eigenvalue weighted by molar-refractivity contribution is -0.693. The third-order valence-electron chi connectivity index (χ3n) is 1.98. The summed E-state index contributed by atoms with van der Waals surface area (Å²) in [5.74, 6) is 0. The summed E-state index contributed by atoms with van der Waals surface area (Å²) in [6.45, 7) is 5.39. The van der Waals surface area contributed by atoms with Crippen molar-refractivity contribution < 1.29 is 30.7 Å². The second-order valence-corrected chi connectivity index (χ2v) is 4.67. The molecule has 0 aliphatic heterocycles. The highest BCUT2D eigenvalue weighted by molar-refractivity contribution is 7.86. The fourth-order valence-electron chi connectivity index (χ4n) is 0.982. The molecule has 1 heterocycles. The molecule has 0 spiro atoms. The van der Waals surface area contributed by atoms with Gasteiger partial charge in [-0.2, -0.15) is 13.2 Å². The summed E-state index contributed by atoms with van der Waals surface area (Å²) < 4.78 is 61.1. The van der Waals surface area contributed by atoms with Crippen LogP contribution in [-0.4, -0.2) is 18.5 Å². The van der Waals surface area contributed by atoms with E-state index < -0.39 is 15.6 Å². The second-order valence-electron chi connectivity index (χ2n) is 3.30.